The summed E-state index contributed by atoms with van der Waals surface area (Å²) in [5, 5.41) is 2.95. The Balaban J connectivity index is 0.00000338. The van der Waals surface area contributed by atoms with Gasteiger partial charge in [0, 0.05) is 31.4 Å². The molecule has 1 heterocycles. The zero-order valence-electron chi connectivity index (χ0n) is 14.3. The molecule has 0 amide bonds. The van der Waals surface area contributed by atoms with Crippen molar-refractivity contribution < 1.29 is 21.9 Å². The number of aliphatic imine (C=N–C) groups is 1. The molecule has 0 atom stereocenters. The van der Waals surface area contributed by atoms with E-state index in [0.717, 1.165) is 9.99 Å². The van der Waals surface area contributed by atoms with Gasteiger partial charge in [0.25, 0.3) is 10.0 Å². The van der Waals surface area contributed by atoms with E-state index in [1.165, 1.54) is 0 Å². The molecule has 148 valence electrons. The van der Waals surface area contributed by atoms with Crippen LogP contribution in [-0.2, 0) is 10.0 Å². The van der Waals surface area contributed by atoms with Crippen LogP contribution in [0.4, 0.5) is 14.5 Å². The molecule has 2 rings (SSSR count). The van der Waals surface area contributed by atoms with Crippen molar-refractivity contribution in [1.82, 2.24) is 4.31 Å². The van der Waals surface area contributed by atoms with Gasteiger partial charge in [-0.1, -0.05) is 6.07 Å². The third kappa shape index (κ3) is 6.20. The Hall–Kier alpha value is -1.21. The van der Waals surface area contributed by atoms with Gasteiger partial charge in [-0.15, -0.1) is 24.0 Å². The maximum absolute atomic E-state index is 12.5. The van der Waals surface area contributed by atoms with E-state index in [2.05, 4.69) is 10.3 Å². The third-order valence-electron chi connectivity index (χ3n) is 4.02. The number of guanidine groups is 1. The van der Waals surface area contributed by atoms with E-state index in [1.54, 1.807) is 19.2 Å². The van der Waals surface area contributed by atoms with E-state index in [0.29, 0.717) is 25.1 Å². The lowest BCUT2D eigenvalue weighted by Crippen LogP contribution is -2.41. The van der Waals surface area contributed by atoms with Gasteiger partial charge in [0.2, 0.25) is 0 Å². The summed E-state index contributed by atoms with van der Waals surface area (Å²) in [6.45, 7) is 0.567. The minimum atomic E-state index is -4.49. The van der Waals surface area contributed by atoms with Crippen molar-refractivity contribution in [2.24, 2.45) is 16.6 Å². The molecule has 11 heteroatoms. The second kappa shape index (κ2) is 10.2. The van der Waals surface area contributed by atoms with Gasteiger partial charge in [0.1, 0.15) is 5.75 Å². The molecule has 7 nitrogen and oxygen atoms in total. The minimum absolute atomic E-state index is 0. The number of hydrogen-bond donors (Lipinski definition) is 2. The molecular formula is C15H23F2IN4O3S. The number of nitrogens with one attached hydrogen (secondary N) is 1. The highest BCUT2D eigenvalue weighted by molar-refractivity contribution is 14.0. The van der Waals surface area contributed by atoms with Gasteiger partial charge in [-0.05, 0) is 30.9 Å². The quantitative estimate of drug-likeness (QED) is 0.352. The Morgan fingerprint density at radius 2 is 2.08 bits per heavy atom. The number of nitrogens with two attached hydrogens (primary N) is 1. The van der Waals surface area contributed by atoms with Gasteiger partial charge in [0.15, 0.2) is 5.96 Å². The lowest BCUT2D eigenvalue weighted by molar-refractivity contribution is 0.205. The van der Waals surface area contributed by atoms with E-state index in [1.807, 2.05) is 12.1 Å². The molecule has 26 heavy (non-hydrogen) atoms. The lowest BCUT2D eigenvalue weighted by atomic mass is 9.98. The lowest BCUT2D eigenvalue weighted by Gasteiger charge is -2.30. The molecule has 0 aromatic heterocycles. The van der Waals surface area contributed by atoms with Crippen LogP contribution >= 0.6 is 24.0 Å². The van der Waals surface area contributed by atoms with E-state index in [9.17, 15) is 17.2 Å². The van der Waals surface area contributed by atoms with Gasteiger partial charge in [-0.25, -0.2) is 8.42 Å². The highest BCUT2D eigenvalue weighted by atomic mass is 127. The van der Waals surface area contributed by atoms with Crippen molar-refractivity contribution in [3.63, 3.8) is 0 Å². The highest BCUT2D eigenvalue weighted by Crippen LogP contribution is 2.23. The van der Waals surface area contributed by atoms with Crippen LogP contribution in [0.25, 0.3) is 0 Å². The fraction of sp³-hybridized carbons (Fsp3) is 0.533. The van der Waals surface area contributed by atoms with Crippen LogP contribution in [0.1, 0.15) is 12.8 Å². The van der Waals surface area contributed by atoms with Gasteiger partial charge in [-0.3, -0.25) is 4.99 Å². The number of hydrogen-bond acceptors (Lipinski definition) is 4. The molecule has 1 aromatic rings. The Labute approximate surface area is 169 Å². The number of nitrogens with zero attached hydrogens (tertiary/aromatic N) is 2. The number of anilines is 1. The van der Waals surface area contributed by atoms with Crippen LogP contribution in [0.2, 0.25) is 0 Å². The fourth-order valence-corrected chi connectivity index (χ4v) is 3.52. The standard InChI is InChI=1S/C15H22F2N4O3S.HI/c1-24-13-4-2-3-12(9-13)20-15(18)19-10-11-5-7-21(8-6-11)25(22,23)14(16)17;/h2-4,9,11,14H,5-8,10H2,1H3,(H3,18,19,20);1H. The second-order valence-corrected chi connectivity index (χ2v) is 7.63. The van der Waals surface area contributed by atoms with Crippen molar-refractivity contribution in [1.29, 1.82) is 0 Å². The van der Waals surface area contributed by atoms with E-state index >= 15 is 0 Å². The van der Waals surface area contributed by atoms with E-state index in [-0.39, 0.29) is 48.9 Å². The largest absolute Gasteiger partial charge is 0.497 e. The summed E-state index contributed by atoms with van der Waals surface area (Å²) in [5.74, 6) is -2.35. The number of ether oxygens (including phenoxy) is 1. The molecule has 1 aromatic carbocycles. The maximum atomic E-state index is 12.5. The smallest absolute Gasteiger partial charge is 0.350 e. The Morgan fingerprint density at radius 3 is 2.65 bits per heavy atom. The van der Waals surface area contributed by atoms with Crippen LogP contribution < -0.4 is 15.8 Å². The molecule has 1 aliphatic rings. The van der Waals surface area contributed by atoms with E-state index in [4.69, 9.17) is 10.5 Å². The Bertz CT molecular complexity index is 711. The first-order valence-corrected chi connectivity index (χ1v) is 9.31. The normalized spacial score (nSPS) is 17.0. The predicted octanol–water partition coefficient (Wildman–Crippen LogP) is 2.30. The number of rotatable bonds is 6. The molecule has 1 fully saturated rings. The number of halogens is 3. The summed E-state index contributed by atoms with van der Waals surface area (Å²) in [4.78, 5) is 4.25. The van der Waals surface area contributed by atoms with Crippen LogP contribution in [0, 0.1) is 5.92 Å². The predicted molar refractivity (Wildman–Crippen MR) is 108 cm³/mol. The number of sulfonamides is 1. The first-order chi connectivity index (χ1) is 11.8. The summed E-state index contributed by atoms with van der Waals surface area (Å²) >= 11 is 0. The zero-order chi connectivity index (χ0) is 18.4. The summed E-state index contributed by atoms with van der Waals surface area (Å²) < 4.78 is 53.9. The molecule has 0 saturated carbocycles. The summed E-state index contributed by atoms with van der Waals surface area (Å²) in [5.41, 5.74) is 6.58. The number of benzene rings is 1. The molecule has 0 bridgehead atoms. The molecule has 0 aliphatic carbocycles. The highest BCUT2D eigenvalue weighted by Gasteiger charge is 2.34. The monoisotopic (exact) mass is 504 g/mol. The van der Waals surface area contributed by atoms with Crippen molar-refractivity contribution >= 4 is 45.6 Å². The third-order valence-corrected chi connectivity index (χ3v) is 5.56. The molecule has 0 spiro atoms. The molecule has 3 N–H and O–H groups in total. The van der Waals surface area contributed by atoms with Crippen molar-refractivity contribution in [2.45, 2.75) is 18.6 Å². The molecule has 0 radical (unpaired) electrons. The Morgan fingerprint density at radius 1 is 1.42 bits per heavy atom. The zero-order valence-corrected chi connectivity index (χ0v) is 17.4. The summed E-state index contributed by atoms with van der Waals surface area (Å²) in [7, 11) is -2.92. The van der Waals surface area contributed by atoms with Crippen LogP contribution in [-0.4, -0.2) is 51.2 Å². The maximum Gasteiger partial charge on any atom is 0.350 e. The summed E-state index contributed by atoms with van der Waals surface area (Å²) in [6, 6.07) is 7.21. The van der Waals surface area contributed by atoms with E-state index < -0.39 is 15.8 Å². The van der Waals surface area contributed by atoms with Gasteiger partial charge in [-0.2, -0.15) is 13.1 Å². The van der Waals surface area contributed by atoms with Gasteiger partial charge in [0.05, 0.1) is 7.11 Å². The molecule has 0 unspecified atom stereocenters. The minimum Gasteiger partial charge on any atom is -0.497 e. The SMILES string of the molecule is COc1cccc(NC(N)=NCC2CCN(S(=O)(=O)C(F)F)CC2)c1.I. The topological polar surface area (TPSA) is 97.0 Å². The Kier molecular flexibility index (Phi) is 8.96. The molecule has 1 aliphatic heterocycles. The van der Waals surface area contributed by atoms with Gasteiger partial charge < -0.3 is 15.8 Å². The van der Waals surface area contributed by atoms with Crippen molar-refractivity contribution in [3.8, 4) is 5.75 Å². The first-order valence-electron chi connectivity index (χ1n) is 7.81. The average Bonchev–Trinajstić information content (AvgIpc) is 2.60. The van der Waals surface area contributed by atoms with Crippen LogP contribution in [0.3, 0.4) is 0 Å². The number of methoxy groups -OCH3 is 1. The van der Waals surface area contributed by atoms with Crippen LogP contribution in [0.5, 0.6) is 5.75 Å². The fourth-order valence-electron chi connectivity index (χ4n) is 2.57. The average molecular weight is 504 g/mol. The number of alkyl halides is 2. The molecular weight excluding hydrogens is 481 g/mol. The first kappa shape index (κ1) is 22.8. The van der Waals surface area contributed by atoms with Gasteiger partial charge >= 0.3 is 5.76 Å². The van der Waals surface area contributed by atoms with Crippen molar-refractivity contribution in [3.05, 3.63) is 24.3 Å². The van der Waals surface area contributed by atoms with Crippen molar-refractivity contribution in [2.75, 3.05) is 32.1 Å². The van der Waals surface area contributed by atoms with Crippen LogP contribution in [0.15, 0.2) is 29.3 Å². The summed E-state index contributed by atoms with van der Waals surface area (Å²) in [6.07, 6.45) is 0.948. The number of piperidine rings is 1. The molecule has 1 saturated heterocycles. The second-order valence-electron chi connectivity index (χ2n) is 5.73.